The van der Waals surface area contributed by atoms with E-state index in [2.05, 4.69) is 15.3 Å². The van der Waals surface area contributed by atoms with Crippen molar-refractivity contribution in [1.82, 2.24) is 9.97 Å². The smallest absolute Gasteiger partial charge is 0.248 e. The number of ether oxygens (including phenoxy) is 1. The number of aromatic nitrogens is 2. The van der Waals surface area contributed by atoms with Crippen LogP contribution in [0.4, 0.5) is 10.8 Å². The van der Waals surface area contributed by atoms with Gasteiger partial charge in [0, 0.05) is 10.9 Å². The number of hydrogen-bond acceptors (Lipinski definition) is 7. The van der Waals surface area contributed by atoms with Gasteiger partial charge in [-0.3, -0.25) is 4.79 Å². The summed E-state index contributed by atoms with van der Waals surface area (Å²) in [6.07, 6.45) is 0. The maximum Gasteiger partial charge on any atom is 0.248 e. The Balaban J connectivity index is 1.91. The minimum atomic E-state index is -0.485. The zero-order chi connectivity index (χ0) is 18.0. The first-order valence-electron chi connectivity index (χ1n) is 7.71. The van der Waals surface area contributed by atoms with Crippen molar-refractivity contribution in [3.63, 3.8) is 0 Å². The molecule has 8 heteroatoms. The summed E-state index contributed by atoms with van der Waals surface area (Å²) >= 11 is 3.11. The Hall–Kier alpha value is -2.45. The van der Waals surface area contributed by atoms with Crippen molar-refractivity contribution >= 4 is 39.4 Å². The summed E-state index contributed by atoms with van der Waals surface area (Å²) in [6, 6.07) is 5.06. The Labute approximate surface area is 153 Å². The van der Waals surface area contributed by atoms with Crippen molar-refractivity contribution in [3.8, 4) is 16.3 Å². The Morgan fingerprint density at radius 1 is 1.32 bits per heavy atom. The number of carbonyl (C=O) groups excluding carboxylic acids is 1. The second-order valence-corrected chi connectivity index (χ2v) is 7.38. The molecule has 0 atom stereocenters. The van der Waals surface area contributed by atoms with Gasteiger partial charge < -0.3 is 15.8 Å². The molecule has 0 unspecified atom stereocenters. The van der Waals surface area contributed by atoms with Crippen LogP contribution in [0.2, 0.25) is 0 Å². The Morgan fingerprint density at radius 3 is 2.76 bits per heavy atom. The number of rotatable bonds is 6. The summed E-state index contributed by atoms with van der Waals surface area (Å²) in [4.78, 5) is 21.6. The fourth-order valence-electron chi connectivity index (χ4n) is 2.38. The second kappa shape index (κ2) is 7.20. The van der Waals surface area contributed by atoms with Crippen molar-refractivity contribution in [2.24, 2.45) is 5.73 Å². The van der Waals surface area contributed by atoms with Crippen LogP contribution in [0.25, 0.3) is 10.6 Å². The van der Waals surface area contributed by atoms with Crippen LogP contribution in [0.3, 0.4) is 0 Å². The third-order valence-corrected chi connectivity index (χ3v) is 5.30. The van der Waals surface area contributed by atoms with Crippen LogP contribution < -0.4 is 15.8 Å². The molecule has 2 aromatic heterocycles. The summed E-state index contributed by atoms with van der Waals surface area (Å²) in [6.45, 7) is 6.39. The molecule has 0 spiro atoms. The van der Waals surface area contributed by atoms with Crippen molar-refractivity contribution < 1.29 is 9.53 Å². The van der Waals surface area contributed by atoms with Gasteiger partial charge in [0.1, 0.15) is 5.75 Å². The molecule has 0 radical (unpaired) electrons. The van der Waals surface area contributed by atoms with Crippen molar-refractivity contribution in [2.75, 3.05) is 11.9 Å². The highest BCUT2D eigenvalue weighted by Gasteiger charge is 2.14. The van der Waals surface area contributed by atoms with Crippen LogP contribution in [-0.4, -0.2) is 22.5 Å². The molecule has 25 heavy (non-hydrogen) atoms. The zero-order valence-corrected chi connectivity index (χ0v) is 15.8. The van der Waals surface area contributed by atoms with Crippen LogP contribution in [0.15, 0.2) is 23.6 Å². The number of nitrogens with one attached hydrogen (secondary N) is 1. The molecule has 6 nitrogen and oxygen atoms in total. The average Bonchev–Trinajstić information content (AvgIpc) is 3.15. The van der Waals surface area contributed by atoms with Gasteiger partial charge in [0.25, 0.3) is 0 Å². The number of primary amides is 1. The van der Waals surface area contributed by atoms with E-state index in [0.29, 0.717) is 28.7 Å². The Bertz CT molecular complexity index is 917. The van der Waals surface area contributed by atoms with Crippen molar-refractivity contribution in [1.29, 1.82) is 0 Å². The monoisotopic (exact) mass is 374 g/mol. The van der Waals surface area contributed by atoms with Gasteiger partial charge in [-0.15, -0.1) is 22.7 Å². The lowest BCUT2D eigenvalue weighted by Gasteiger charge is -2.11. The molecular weight excluding hydrogens is 356 g/mol. The van der Waals surface area contributed by atoms with Crippen molar-refractivity contribution in [2.45, 2.75) is 20.8 Å². The van der Waals surface area contributed by atoms with Gasteiger partial charge in [0.2, 0.25) is 5.91 Å². The van der Waals surface area contributed by atoms with Crippen LogP contribution in [0.5, 0.6) is 5.75 Å². The van der Waals surface area contributed by atoms with E-state index in [1.807, 2.05) is 26.2 Å². The van der Waals surface area contributed by atoms with E-state index in [1.54, 1.807) is 29.5 Å². The van der Waals surface area contributed by atoms with Gasteiger partial charge >= 0.3 is 0 Å². The highest BCUT2D eigenvalue weighted by Crippen LogP contribution is 2.35. The van der Waals surface area contributed by atoms with E-state index >= 15 is 0 Å². The number of nitrogens with zero attached hydrogens (tertiary/aromatic N) is 2. The molecule has 0 aliphatic heterocycles. The van der Waals surface area contributed by atoms with Gasteiger partial charge in [-0.2, -0.15) is 0 Å². The molecule has 0 aliphatic carbocycles. The molecule has 1 amide bonds. The lowest BCUT2D eigenvalue weighted by Crippen LogP contribution is -2.11. The molecule has 0 fully saturated rings. The minimum Gasteiger partial charge on any atom is -0.492 e. The van der Waals surface area contributed by atoms with E-state index in [9.17, 15) is 4.79 Å². The predicted octanol–water partition coefficient (Wildman–Crippen LogP) is 4.12. The molecule has 0 saturated carbocycles. The second-order valence-electron chi connectivity index (χ2n) is 5.32. The van der Waals surface area contributed by atoms with Crippen molar-refractivity contribution in [3.05, 3.63) is 39.8 Å². The number of nitrogens with two attached hydrogens (primary N) is 1. The molecular formula is C17H18N4O2S2. The van der Waals surface area contributed by atoms with E-state index in [-0.39, 0.29) is 0 Å². The van der Waals surface area contributed by atoms with E-state index < -0.39 is 5.91 Å². The summed E-state index contributed by atoms with van der Waals surface area (Å²) in [5.74, 6) is 0.163. The maximum absolute atomic E-state index is 11.4. The van der Waals surface area contributed by atoms with Gasteiger partial charge in [0.15, 0.2) is 5.13 Å². The normalized spacial score (nSPS) is 10.7. The van der Waals surface area contributed by atoms with E-state index in [1.165, 1.54) is 11.3 Å². The molecule has 0 saturated heterocycles. The van der Waals surface area contributed by atoms with Crippen LogP contribution in [0, 0.1) is 13.8 Å². The standard InChI is InChI=1S/C17H18N4O2S2/c1-4-23-14-6-5-11(16(18)22)7-12(14)20-17-21-13(8-24-17)15-9(2)19-10(3)25-15/h5-8H,4H2,1-3H3,(H2,18,22)(H,20,21). The molecule has 130 valence electrons. The highest BCUT2D eigenvalue weighted by molar-refractivity contribution is 7.16. The lowest BCUT2D eigenvalue weighted by molar-refractivity contribution is 0.100. The van der Waals surface area contributed by atoms with Crippen LogP contribution >= 0.6 is 22.7 Å². The van der Waals surface area contributed by atoms with E-state index in [4.69, 9.17) is 10.5 Å². The fraction of sp³-hybridized carbons (Fsp3) is 0.235. The Morgan fingerprint density at radius 2 is 2.12 bits per heavy atom. The number of hydrogen-bond donors (Lipinski definition) is 2. The number of thiazole rings is 2. The molecule has 3 N–H and O–H groups in total. The summed E-state index contributed by atoms with van der Waals surface area (Å²) < 4.78 is 5.61. The number of carbonyl (C=O) groups is 1. The SMILES string of the molecule is CCOc1ccc(C(N)=O)cc1Nc1nc(-c2sc(C)nc2C)cs1. The van der Waals surface area contributed by atoms with Crippen LogP contribution in [-0.2, 0) is 0 Å². The number of amides is 1. The third-order valence-electron chi connectivity index (χ3n) is 3.45. The third kappa shape index (κ3) is 3.80. The van der Waals surface area contributed by atoms with Gasteiger partial charge in [0.05, 0.1) is 33.6 Å². The minimum absolute atomic E-state index is 0.414. The maximum atomic E-state index is 11.4. The molecule has 0 bridgehead atoms. The predicted molar refractivity (Wildman–Crippen MR) is 102 cm³/mol. The molecule has 3 rings (SSSR count). The number of aryl methyl sites for hydroxylation is 2. The first-order valence-corrected chi connectivity index (χ1v) is 9.41. The zero-order valence-electron chi connectivity index (χ0n) is 14.1. The first kappa shape index (κ1) is 17.4. The lowest BCUT2D eigenvalue weighted by atomic mass is 10.2. The van der Waals surface area contributed by atoms with E-state index in [0.717, 1.165) is 21.3 Å². The highest BCUT2D eigenvalue weighted by atomic mass is 32.1. The quantitative estimate of drug-likeness (QED) is 0.677. The summed E-state index contributed by atoms with van der Waals surface area (Å²) in [5, 5.41) is 6.94. The van der Waals surface area contributed by atoms with Gasteiger partial charge in [-0.25, -0.2) is 9.97 Å². The van der Waals surface area contributed by atoms with Crippen LogP contribution in [0.1, 0.15) is 28.0 Å². The topological polar surface area (TPSA) is 90.1 Å². The van der Waals surface area contributed by atoms with Gasteiger partial charge in [-0.05, 0) is 39.0 Å². The fourth-order valence-corrected chi connectivity index (χ4v) is 4.05. The summed E-state index contributed by atoms with van der Waals surface area (Å²) in [5.41, 5.74) is 8.32. The number of anilines is 2. The number of benzene rings is 1. The molecule has 0 aliphatic rings. The molecule has 1 aromatic carbocycles. The molecule has 2 heterocycles. The summed E-state index contributed by atoms with van der Waals surface area (Å²) in [7, 11) is 0. The van der Waals surface area contributed by atoms with Gasteiger partial charge in [-0.1, -0.05) is 0 Å². The molecule has 3 aromatic rings. The average molecular weight is 374 g/mol. The largest absolute Gasteiger partial charge is 0.492 e. The first-order chi connectivity index (χ1) is 12.0. The Kier molecular flexibility index (Phi) is 5.00.